The topological polar surface area (TPSA) is 47.3 Å². The van der Waals surface area contributed by atoms with Crippen LogP contribution < -0.4 is 11.3 Å². The van der Waals surface area contributed by atoms with Gasteiger partial charge in [0.25, 0.3) is 0 Å². The quantitative estimate of drug-likeness (QED) is 0.462. The molecule has 0 spiro atoms. The van der Waals surface area contributed by atoms with E-state index in [9.17, 15) is 13.2 Å². The van der Waals surface area contributed by atoms with Gasteiger partial charge in [-0.2, -0.15) is 13.2 Å². The molecule has 1 heterocycles. The Morgan fingerprint density at radius 3 is 2.67 bits per heavy atom. The van der Waals surface area contributed by atoms with Crippen LogP contribution in [-0.2, 0) is 11.2 Å². The van der Waals surface area contributed by atoms with Crippen LogP contribution >= 0.6 is 22.9 Å². The van der Waals surface area contributed by atoms with E-state index in [1.54, 1.807) is 6.07 Å². The molecule has 0 bridgehead atoms. The number of nitrogens with one attached hydrogen (secondary N) is 1. The zero-order valence-electron chi connectivity index (χ0n) is 9.47. The second-order valence-corrected chi connectivity index (χ2v) is 5.53. The van der Waals surface area contributed by atoms with Crippen LogP contribution in [0.5, 0.6) is 0 Å². The number of ether oxygens (including phenoxy) is 1. The van der Waals surface area contributed by atoms with Crippen molar-refractivity contribution in [2.75, 3.05) is 13.2 Å². The van der Waals surface area contributed by atoms with Crippen molar-refractivity contribution >= 4 is 22.9 Å². The summed E-state index contributed by atoms with van der Waals surface area (Å²) in [6.45, 7) is -1.22. The molecule has 0 fully saturated rings. The van der Waals surface area contributed by atoms with Crippen molar-refractivity contribution in [3.8, 4) is 0 Å². The van der Waals surface area contributed by atoms with Crippen molar-refractivity contribution in [1.29, 1.82) is 0 Å². The molecule has 0 saturated carbocycles. The minimum atomic E-state index is -4.28. The highest BCUT2D eigenvalue weighted by Crippen LogP contribution is 2.23. The maximum Gasteiger partial charge on any atom is 0.411 e. The molecule has 0 aliphatic heterocycles. The maximum absolute atomic E-state index is 11.8. The Bertz CT molecular complexity index is 359. The zero-order chi connectivity index (χ0) is 13.6. The molecule has 1 rings (SSSR count). The van der Waals surface area contributed by atoms with Crippen molar-refractivity contribution in [2.45, 2.75) is 25.1 Å². The van der Waals surface area contributed by atoms with Gasteiger partial charge in [-0.15, -0.1) is 11.3 Å². The fraction of sp³-hybridized carbons (Fsp3) is 0.600. The van der Waals surface area contributed by atoms with E-state index in [1.807, 2.05) is 6.07 Å². The number of nitrogens with two attached hydrogens (primary N) is 1. The van der Waals surface area contributed by atoms with Gasteiger partial charge in [-0.05, 0) is 25.0 Å². The number of hydrogen-bond acceptors (Lipinski definition) is 4. The van der Waals surface area contributed by atoms with Crippen LogP contribution in [0.4, 0.5) is 13.2 Å². The lowest BCUT2D eigenvalue weighted by Gasteiger charge is -2.15. The van der Waals surface area contributed by atoms with Gasteiger partial charge in [0.05, 0.1) is 4.34 Å². The van der Waals surface area contributed by atoms with Gasteiger partial charge in [0, 0.05) is 17.5 Å². The van der Waals surface area contributed by atoms with Gasteiger partial charge in [-0.25, -0.2) is 0 Å². The maximum atomic E-state index is 11.8. The van der Waals surface area contributed by atoms with Gasteiger partial charge in [-0.1, -0.05) is 11.6 Å². The molecule has 1 unspecified atom stereocenters. The van der Waals surface area contributed by atoms with Gasteiger partial charge in [0.2, 0.25) is 0 Å². The van der Waals surface area contributed by atoms with E-state index in [1.165, 1.54) is 11.3 Å². The molecule has 104 valence electrons. The normalized spacial score (nSPS) is 13.8. The van der Waals surface area contributed by atoms with E-state index in [2.05, 4.69) is 10.2 Å². The molecule has 0 amide bonds. The molecule has 3 nitrogen and oxygen atoms in total. The smallest absolute Gasteiger partial charge is 0.372 e. The summed E-state index contributed by atoms with van der Waals surface area (Å²) in [4.78, 5) is 1.03. The SMILES string of the molecule is NNC(CCOCC(F)(F)F)Cc1ccc(Cl)s1. The van der Waals surface area contributed by atoms with Crippen LogP contribution in [0, 0.1) is 0 Å². The van der Waals surface area contributed by atoms with Gasteiger partial charge in [-0.3, -0.25) is 11.3 Å². The van der Waals surface area contributed by atoms with Crippen LogP contribution in [0.3, 0.4) is 0 Å². The van der Waals surface area contributed by atoms with Crippen LogP contribution in [0.2, 0.25) is 4.34 Å². The first-order valence-electron chi connectivity index (χ1n) is 5.25. The molecule has 1 aromatic heterocycles. The number of hydrazine groups is 1. The highest BCUT2D eigenvalue weighted by Gasteiger charge is 2.27. The molecule has 0 saturated heterocycles. The summed E-state index contributed by atoms with van der Waals surface area (Å²) in [5.41, 5.74) is 2.56. The Kier molecular flexibility index (Phi) is 6.37. The first-order chi connectivity index (χ1) is 8.40. The minimum Gasteiger partial charge on any atom is -0.372 e. The van der Waals surface area contributed by atoms with E-state index in [4.69, 9.17) is 17.4 Å². The van der Waals surface area contributed by atoms with Gasteiger partial charge >= 0.3 is 6.18 Å². The molecule has 0 aliphatic rings. The molecule has 3 N–H and O–H groups in total. The summed E-state index contributed by atoms with van der Waals surface area (Å²) < 4.78 is 40.7. The monoisotopic (exact) mass is 302 g/mol. The molecule has 1 aromatic rings. The Morgan fingerprint density at radius 2 is 2.17 bits per heavy atom. The van der Waals surface area contributed by atoms with E-state index in [-0.39, 0.29) is 12.6 Å². The summed E-state index contributed by atoms with van der Waals surface area (Å²) in [6, 6.07) is 3.51. The number of hydrogen-bond donors (Lipinski definition) is 2. The van der Waals surface area contributed by atoms with Gasteiger partial charge in [0.1, 0.15) is 6.61 Å². The summed E-state index contributed by atoms with van der Waals surface area (Å²) in [5, 5.41) is 0. The number of alkyl halides is 3. The molecule has 8 heteroatoms. The Labute approximate surface area is 112 Å². The summed E-state index contributed by atoms with van der Waals surface area (Å²) >= 11 is 7.21. The van der Waals surface area contributed by atoms with Crippen molar-refractivity contribution < 1.29 is 17.9 Å². The highest BCUT2D eigenvalue weighted by molar-refractivity contribution is 7.16. The van der Waals surface area contributed by atoms with E-state index < -0.39 is 12.8 Å². The van der Waals surface area contributed by atoms with Crippen LogP contribution in [0.1, 0.15) is 11.3 Å². The lowest BCUT2D eigenvalue weighted by atomic mass is 10.1. The Morgan fingerprint density at radius 1 is 1.44 bits per heavy atom. The third kappa shape index (κ3) is 6.55. The Balaban J connectivity index is 2.25. The fourth-order valence-electron chi connectivity index (χ4n) is 1.36. The largest absolute Gasteiger partial charge is 0.411 e. The number of halogens is 4. The average molecular weight is 303 g/mol. The molecule has 1 atom stereocenters. The molecule has 0 aromatic carbocycles. The molecule has 18 heavy (non-hydrogen) atoms. The van der Waals surface area contributed by atoms with E-state index in [0.717, 1.165) is 4.88 Å². The molecule has 0 radical (unpaired) electrons. The predicted octanol–water partition coefficient (Wildman–Crippen LogP) is 2.74. The lowest BCUT2D eigenvalue weighted by Crippen LogP contribution is -2.37. The van der Waals surface area contributed by atoms with E-state index in [0.29, 0.717) is 17.2 Å². The van der Waals surface area contributed by atoms with Crippen LogP contribution in [-0.4, -0.2) is 25.4 Å². The first-order valence-corrected chi connectivity index (χ1v) is 6.45. The highest BCUT2D eigenvalue weighted by atomic mass is 35.5. The predicted molar refractivity (Wildman–Crippen MR) is 65.6 cm³/mol. The molecule has 0 aliphatic carbocycles. The fourth-order valence-corrected chi connectivity index (χ4v) is 2.53. The molecular formula is C10H14ClF3N2OS. The van der Waals surface area contributed by atoms with Crippen molar-refractivity contribution in [2.24, 2.45) is 5.84 Å². The third-order valence-electron chi connectivity index (χ3n) is 2.19. The van der Waals surface area contributed by atoms with Gasteiger partial charge in [0.15, 0.2) is 0 Å². The number of rotatable bonds is 7. The van der Waals surface area contributed by atoms with Crippen LogP contribution in [0.25, 0.3) is 0 Å². The second-order valence-electron chi connectivity index (χ2n) is 3.73. The van der Waals surface area contributed by atoms with Crippen molar-refractivity contribution in [3.63, 3.8) is 0 Å². The van der Waals surface area contributed by atoms with Gasteiger partial charge < -0.3 is 4.74 Å². The lowest BCUT2D eigenvalue weighted by molar-refractivity contribution is -0.174. The van der Waals surface area contributed by atoms with Crippen molar-refractivity contribution in [3.05, 3.63) is 21.3 Å². The minimum absolute atomic E-state index is 0.00742. The summed E-state index contributed by atoms with van der Waals surface area (Å²) in [5.74, 6) is 5.34. The standard InChI is InChI=1S/C10H14ClF3N2OS/c11-9-2-1-8(18-9)5-7(16-15)3-4-17-6-10(12,13)14/h1-2,7,16H,3-6,15H2. The Hall–Kier alpha value is -0.340. The zero-order valence-corrected chi connectivity index (χ0v) is 11.0. The summed E-state index contributed by atoms with van der Waals surface area (Å²) in [7, 11) is 0. The number of thiophene rings is 1. The average Bonchev–Trinajstić information content (AvgIpc) is 2.67. The molecular weight excluding hydrogens is 289 g/mol. The summed E-state index contributed by atoms with van der Waals surface area (Å²) in [6.07, 6.45) is -3.27. The second kappa shape index (κ2) is 7.30. The van der Waals surface area contributed by atoms with Crippen LogP contribution in [0.15, 0.2) is 12.1 Å². The third-order valence-corrected chi connectivity index (χ3v) is 3.44. The van der Waals surface area contributed by atoms with Crippen molar-refractivity contribution in [1.82, 2.24) is 5.43 Å². The van der Waals surface area contributed by atoms with E-state index >= 15 is 0 Å². The first kappa shape index (κ1) is 15.7.